The molecule has 1 aliphatic heterocycles. The first-order chi connectivity index (χ1) is 9.26. The SMILES string of the molecule is OC1(c2cccc3c2OCC3)CCCC(C2CC2)C1. The Morgan fingerprint density at radius 1 is 1.16 bits per heavy atom. The van der Waals surface area contributed by atoms with Gasteiger partial charge in [0.1, 0.15) is 5.75 Å². The van der Waals surface area contributed by atoms with E-state index in [-0.39, 0.29) is 0 Å². The third-order valence-corrected chi connectivity index (χ3v) is 5.27. The predicted molar refractivity (Wildman–Crippen MR) is 74.2 cm³/mol. The molecule has 1 N–H and O–H groups in total. The zero-order valence-corrected chi connectivity index (χ0v) is 11.4. The zero-order valence-electron chi connectivity index (χ0n) is 11.4. The summed E-state index contributed by atoms with van der Waals surface area (Å²) < 4.78 is 5.80. The van der Waals surface area contributed by atoms with Gasteiger partial charge >= 0.3 is 0 Å². The Hall–Kier alpha value is -1.02. The number of para-hydroxylation sites is 1. The number of aliphatic hydroxyl groups is 1. The van der Waals surface area contributed by atoms with Crippen molar-refractivity contribution in [3.8, 4) is 5.75 Å². The topological polar surface area (TPSA) is 29.5 Å². The van der Waals surface area contributed by atoms with Gasteiger partial charge in [-0.15, -0.1) is 0 Å². The Kier molecular flexibility index (Phi) is 2.63. The molecular formula is C17H22O2. The summed E-state index contributed by atoms with van der Waals surface area (Å²) in [6.45, 7) is 0.772. The van der Waals surface area contributed by atoms with Crippen LogP contribution in [0.3, 0.4) is 0 Å². The molecule has 2 heteroatoms. The lowest BCUT2D eigenvalue weighted by atomic mass is 9.72. The van der Waals surface area contributed by atoms with Gasteiger partial charge in [0.05, 0.1) is 12.2 Å². The summed E-state index contributed by atoms with van der Waals surface area (Å²) in [5.41, 5.74) is 1.70. The Morgan fingerprint density at radius 3 is 2.89 bits per heavy atom. The molecule has 2 fully saturated rings. The van der Waals surface area contributed by atoms with Crippen molar-refractivity contribution in [2.45, 2.75) is 50.5 Å². The smallest absolute Gasteiger partial charge is 0.128 e. The molecule has 0 saturated heterocycles. The lowest BCUT2D eigenvalue weighted by molar-refractivity contribution is -0.0267. The Morgan fingerprint density at radius 2 is 2.05 bits per heavy atom. The average Bonchev–Trinajstić information content (AvgIpc) is 3.16. The van der Waals surface area contributed by atoms with Crippen LogP contribution >= 0.6 is 0 Å². The molecule has 0 radical (unpaired) electrons. The van der Waals surface area contributed by atoms with E-state index in [9.17, 15) is 5.11 Å². The minimum Gasteiger partial charge on any atom is -0.493 e. The quantitative estimate of drug-likeness (QED) is 0.881. The molecule has 4 rings (SSSR count). The van der Waals surface area contributed by atoms with E-state index in [1.165, 1.54) is 24.8 Å². The second kappa shape index (κ2) is 4.24. The van der Waals surface area contributed by atoms with Gasteiger partial charge in [-0.25, -0.2) is 0 Å². The van der Waals surface area contributed by atoms with E-state index in [2.05, 4.69) is 18.2 Å². The van der Waals surface area contributed by atoms with E-state index < -0.39 is 5.60 Å². The average molecular weight is 258 g/mol. The van der Waals surface area contributed by atoms with Crippen LogP contribution in [0, 0.1) is 11.8 Å². The highest BCUT2D eigenvalue weighted by atomic mass is 16.5. The van der Waals surface area contributed by atoms with Crippen LogP contribution in [0.5, 0.6) is 5.75 Å². The summed E-state index contributed by atoms with van der Waals surface area (Å²) in [6.07, 6.45) is 8.05. The molecular weight excluding hydrogens is 236 g/mol. The molecule has 0 aromatic heterocycles. The number of benzene rings is 1. The van der Waals surface area contributed by atoms with Crippen molar-refractivity contribution in [2.24, 2.45) is 11.8 Å². The van der Waals surface area contributed by atoms with Crippen molar-refractivity contribution in [3.05, 3.63) is 29.3 Å². The number of hydrogen-bond acceptors (Lipinski definition) is 2. The van der Waals surface area contributed by atoms with E-state index in [4.69, 9.17) is 4.74 Å². The Labute approximate surface area is 114 Å². The van der Waals surface area contributed by atoms with Crippen molar-refractivity contribution < 1.29 is 9.84 Å². The van der Waals surface area contributed by atoms with Crippen LogP contribution in [-0.2, 0) is 12.0 Å². The van der Waals surface area contributed by atoms with Crippen LogP contribution in [0.2, 0.25) is 0 Å². The number of hydrogen-bond donors (Lipinski definition) is 1. The zero-order chi connectivity index (χ0) is 12.9. The van der Waals surface area contributed by atoms with Gasteiger partial charge in [-0.05, 0) is 55.9 Å². The maximum atomic E-state index is 11.2. The third-order valence-electron chi connectivity index (χ3n) is 5.27. The highest BCUT2D eigenvalue weighted by Crippen LogP contribution is 2.51. The number of fused-ring (bicyclic) bond motifs is 1. The molecule has 0 spiro atoms. The third kappa shape index (κ3) is 1.97. The normalized spacial score (nSPS) is 33.8. The number of ether oxygens (including phenoxy) is 1. The van der Waals surface area contributed by atoms with Gasteiger partial charge in [-0.2, -0.15) is 0 Å². The van der Waals surface area contributed by atoms with E-state index in [0.717, 1.165) is 55.4 Å². The fraction of sp³-hybridized carbons (Fsp3) is 0.647. The van der Waals surface area contributed by atoms with Crippen molar-refractivity contribution in [1.29, 1.82) is 0 Å². The molecule has 1 aromatic carbocycles. The molecule has 102 valence electrons. The van der Waals surface area contributed by atoms with Gasteiger partial charge in [-0.3, -0.25) is 0 Å². The summed E-state index contributed by atoms with van der Waals surface area (Å²) in [4.78, 5) is 0. The molecule has 2 unspecified atom stereocenters. The van der Waals surface area contributed by atoms with Crippen LogP contribution in [-0.4, -0.2) is 11.7 Å². The fourth-order valence-corrected chi connectivity index (χ4v) is 4.09. The van der Waals surface area contributed by atoms with Gasteiger partial charge in [0, 0.05) is 12.0 Å². The fourth-order valence-electron chi connectivity index (χ4n) is 4.09. The lowest BCUT2D eigenvalue weighted by Gasteiger charge is -2.38. The van der Waals surface area contributed by atoms with Crippen LogP contribution < -0.4 is 4.74 Å². The molecule has 3 aliphatic rings. The molecule has 2 aliphatic carbocycles. The first-order valence-electron chi connectivity index (χ1n) is 7.74. The molecule has 1 aromatic rings. The second-order valence-corrected chi connectivity index (χ2v) is 6.62. The van der Waals surface area contributed by atoms with Crippen LogP contribution in [0.4, 0.5) is 0 Å². The van der Waals surface area contributed by atoms with Crippen LogP contribution in [0.25, 0.3) is 0 Å². The minimum atomic E-state index is -0.638. The maximum Gasteiger partial charge on any atom is 0.128 e. The summed E-state index contributed by atoms with van der Waals surface area (Å²) in [5, 5.41) is 11.2. The first kappa shape index (κ1) is 11.8. The molecule has 0 amide bonds. The molecule has 2 nitrogen and oxygen atoms in total. The summed E-state index contributed by atoms with van der Waals surface area (Å²) in [7, 11) is 0. The van der Waals surface area contributed by atoms with Crippen LogP contribution in [0.1, 0.15) is 49.7 Å². The monoisotopic (exact) mass is 258 g/mol. The summed E-state index contributed by atoms with van der Waals surface area (Å²) in [5.74, 6) is 2.61. The summed E-state index contributed by atoms with van der Waals surface area (Å²) >= 11 is 0. The van der Waals surface area contributed by atoms with Crippen LogP contribution in [0.15, 0.2) is 18.2 Å². The van der Waals surface area contributed by atoms with Gasteiger partial charge in [-0.1, -0.05) is 18.2 Å². The number of rotatable bonds is 2. The molecule has 19 heavy (non-hydrogen) atoms. The van der Waals surface area contributed by atoms with Crippen molar-refractivity contribution in [2.75, 3.05) is 6.61 Å². The van der Waals surface area contributed by atoms with Crippen molar-refractivity contribution >= 4 is 0 Å². The predicted octanol–water partition coefficient (Wildman–Crippen LogP) is 3.41. The first-order valence-corrected chi connectivity index (χ1v) is 7.74. The highest BCUT2D eigenvalue weighted by Gasteiger charge is 2.43. The van der Waals surface area contributed by atoms with Gasteiger partial charge < -0.3 is 9.84 Å². The van der Waals surface area contributed by atoms with Gasteiger partial charge in [0.2, 0.25) is 0 Å². The van der Waals surface area contributed by atoms with E-state index in [0.29, 0.717) is 0 Å². The van der Waals surface area contributed by atoms with E-state index in [1.807, 2.05) is 0 Å². The molecule has 2 saturated carbocycles. The van der Waals surface area contributed by atoms with Crippen molar-refractivity contribution in [1.82, 2.24) is 0 Å². The minimum absolute atomic E-state index is 0.638. The Bertz CT molecular complexity index is 492. The van der Waals surface area contributed by atoms with Gasteiger partial charge in [0.15, 0.2) is 0 Å². The maximum absolute atomic E-state index is 11.2. The van der Waals surface area contributed by atoms with Crippen molar-refractivity contribution in [3.63, 3.8) is 0 Å². The largest absolute Gasteiger partial charge is 0.493 e. The molecule has 2 atom stereocenters. The lowest BCUT2D eigenvalue weighted by Crippen LogP contribution is -2.33. The second-order valence-electron chi connectivity index (χ2n) is 6.62. The molecule has 0 bridgehead atoms. The standard InChI is InChI=1S/C17H22O2/c18-17(9-2-4-14(11-17)12-6-7-12)15-5-1-3-13-8-10-19-16(13)15/h1,3,5,12,14,18H,2,4,6-11H2. The highest BCUT2D eigenvalue weighted by molar-refractivity contribution is 5.47. The Balaban J connectivity index is 1.68. The summed E-state index contributed by atoms with van der Waals surface area (Å²) in [6, 6.07) is 6.30. The van der Waals surface area contributed by atoms with E-state index in [1.54, 1.807) is 0 Å². The van der Waals surface area contributed by atoms with Gasteiger partial charge in [0.25, 0.3) is 0 Å². The van der Waals surface area contributed by atoms with E-state index >= 15 is 0 Å². The molecule has 1 heterocycles.